The predicted octanol–water partition coefficient (Wildman–Crippen LogP) is 17.5. The summed E-state index contributed by atoms with van der Waals surface area (Å²) in [5, 5.41) is 0. The highest BCUT2D eigenvalue weighted by molar-refractivity contribution is 5.83. The first-order valence-electron chi connectivity index (χ1n) is 28.5. The van der Waals surface area contributed by atoms with Gasteiger partial charge in [-0.25, -0.2) is 14.4 Å². The van der Waals surface area contributed by atoms with Crippen molar-refractivity contribution in [3.05, 3.63) is 215 Å². The topological polar surface area (TPSA) is 105 Å². The highest BCUT2D eigenvalue weighted by Crippen LogP contribution is 2.55. The Kier molecular flexibility index (Phi) is 34.1. The van der Waals surface area contributed by atoms with Gasteiger partial charge >= 0.3 is 35.7 Å². The second kappa shape index (κ2) is 38.5. The number of ether oxygens (including phenoxy) is 4. The van der Waals surface area contributed by atoms with E-state index in [9.17, 15) is 36.7 Å². The van der Waals surface area contributed by atoms with Crippen molar-refractivity contribution in [1.29, 1.82) is 0 Å². The zero-order valence-electron chi connectivity index (χ0n) is 49.5. The molecule has 6 aromatic carbocycles. The molecular weight excluding hydrogens is 1020 g/mol. The minimum absolute atomic E-state index is 0.00671. The highest BCUT2D eigenvalue weighted by atomic mass is 19.3. The second-order valence-corrected chi connectivity index (χ2v) is 17.2. The van der Waals surface area contributed by atoms with Crippen LogP contribution in [0.4, 0.5) is 17.6 Å². The van der Waals surface area contributed by atoms with E-state index in [1.807, 2.05) is 83.1 Å². The van der Waals surface area contributed by atoms with Gasteiger partial charge < -0.3 is 18.9 Å². The van der Waals surface area contributed by atoms with Gasteiger partial charge in [0.05, 0.1) is 12.5 Å². The summed E-state index contributed by atoms with van der Waals surface area (Å²) in [7, 11) is 0. The van der Waals surface area contributed by atoms with Gasteiger partial charge in [-0.2, -0.15) is 17.6 Å². The van der Waals surface area contributed by atoms with Crippen LogP contribution in [0.25, 0.3) is 0 Å². The molecule has 4 fully saturated rings. The van der Waals surface area contributed by atoms with Crippen molar-refractivity contribution in [1.82, 2.24) is 0 Å². The summed E-state index contributed by atoms with van der Waals surface area (Å²) < 4.78 is 68.6. The number of fused-ring (bicyclic) bond motifs is 1. The molecule has 2 aliphatic carbocycles. The number of hydrogen-bond acceptors (Lipinski definition) is 8. The standard InChI is InChI=1S/2C19H16.C11H12F2O4.C7H8F2O4.6C2H6/c2*1-4-10-16(11-5-1)19(17-12-6-2-7-13-17)18-14-8-3-9-15-18;1-11(12,13)10(15)17-7-4-2-5-6(3-4)9(14)16-8(5)7;1-7(8,9)6(11)13-4-2-3-12-5(4)10;6*1-2/h2*1-15,19H;4-8H,2-3H2,1H3;4H,2-3H2,1H3;6*1-2H3. The number of esters is 4. The quantitative estimate of drug-likeness (QED) is 0.0578. The van der Waals surface area contributed by atoms with E-state index in [0.717, 1.165) is 6.42 Å². The molecule has 0 N–H and O–H groups in total. The van der Waals surface area contributed by atoms with E-state index in [4.69, 9.17) is 9.47 Å². The predicted molar refractivity (Wildman–Crippen MR) is 315 cm³/mol. The first kappa shape index (κ1) is 70.9. The van der Waals surface area contributed by atoms with Gasteiger partial charge in [-0.1, -0.05) is 265 Å². The molecule has 6 unspecified atom stereocenters. The van der Waals surface area contributed by atoms with Crippen LogP contribution in [0.5, 0.6) is 0 Å². The number of carbonyl (C=O) groups is 4. The van der Waals surface area contributed by atoms with Crippen LogP contribution in [0.2, 0.25) is 0 Å². The Balaban J connectivity index is 0.000000504. The molecular formula is C68H88F4O8. The third kappa shape index (κ3) is 21.5. The Hall–Kier alpha value is -7.08. The fourth-order valence-corrected chi connectivity index (χ4v) is 9.14. The Labute approximate surface area is 475 Å². The van der Waals surface area contributed by atoms with Gasteiger partial charge in [0.25, 0.3) is 0 Å². The van der Waals surface area contributed by atoms with Gasteiger partial charge in [-0.05, 0) is 46.2 Å². The molecule has 2 saturated carbocycles. The summed E-state index contributed by atoms with van der Waals surface area (Å²) in [4.78, 5) is 43.8. The first-order valence-corrected chi connectivity index (χ1v) is 28.5. The fourth-order valence-electron chi connectivity index (χ4n) is 9.14. The van der Waals surface area contributed by atoms with Crippen molar-refractivity contribution in [2.24, 2.45) is 17.8 Å². The molecule has 10 rings (SSSR count). The van der Waals surface area contributed by atoms with Crippen LogP contribution in [0.15, 0.2) is 182 Å². The summed E-state index contributed by atoms with van der Waals surface area (Å²) >= 11 is 0. The maximum atomic E-state index is 12.7. The Morgan fingerprint density at radius 2 is 0.738 bits per heavy atom. The fraction of sp³-hybridized carbons (Fsp3) is 0.412. The highest BCUT2D eigenvalue weighted by Gasteiger charge is 2.63. The Morgan fingerprint density at radius 1 is 0.450 bits per heavy atom. The molecule has 2 saturated heterocycles. The maximum absolute atomic E-state index is 12.7. The number of hydrogen-bond donors (Lipinski definition) is 0. The monoisotopic (exact) mass is 1110 g/mol. The molecule has 80 heavy (non-hydrogen) atoms. The van der Waals surface area contributed by atoms with Crippen LogP contribution >= 0.6 is 0 Å². The van der Waals surface area contributed by atoms with Crippen LogP contribution in [-0.2, 0) is 38.1 Å². The van der Waals surface area contributed by atoms with Crippen molar-refractivity contribution in [2.45, 2.75) is 158 Å². The van der Waals surface area contributed by atoms with Crippen molar-refractivity contribution in [3.8, 4) is 0 Å². The molecule has 6 aromatic rings. The number of rotatable bonds is 10. The Bertz CT molecular complexity index is 2250. The molecule has 6 atom stereocenters. The average molecular weight is 1110 g/mol. The number of halogens is 4. The lowest BCUT2D eigenvalue weighted by atomic mass is 9.85. The van der Waals surface area contributed by atoms with Crippen LogP contribution in [0.3, 0.4) is 0 Å². The summed E-state index contributed by atoms with van der Waals surface area (Å²) in [6.45, 7) is 25.0. The molecule has 2 heterocycles. The van der Waals surface area contributed by atoms with E-state index >= 15 is 0 Å². The minimum atomic E-state index is -3.57. The Morgan fingerprint density at radius 3 is 1.00 bits per heavy atom. The minimum Gasteiger partial charge on any atom is -0.463 e. The van der Waals surface area contributed by atoms with Crippen molar-refractivity contribution in [2.75, 3.05) is 6.61 Å². The SMILES string of the molecule is CC.CC.CC.CC.CC.CC.CC(F)(F)C(=O)OC1C2CC3C(=O)OC1C3C2.CC(F)(F)C(=O)OC1CCOC1=O.c1ccc(C(c2ccccc2)c2ccccc2)cc1.c1ccc(C(c2ccccc2)c2ccccc2)cc1. The average Bonchev–Trinajstić information content (AvgIpc) is 4.33. The maximum Gasteiger partial charge on any atom is 0.377 e. The number of carbonyl (C=O) groups excluding carboxylic acids is 4. The number of benzene rings is 6. The largest absolute Gasteiger partial charge is 0.463 e. The molecule has 0 aromatic heterocycles. The van der Waals surface area contributed by atoms with Crippen LogP contribution in [0, 0.1) is 17.8 Å². The van der Waals surface area contributed by atoms with Gasteiger partial charge in [0.15, 0.2) is 0 Å². The van der Waals surface area contributed by atoms with Gasteiger partial charge in [-0.15, -0.1) is 0 Å². The molecule has 436 valence electrons. The molecule has 12 heteroatoms. The third-order valence-electron chi connectivity index (χ3n) is 12.3. The van der Waals surface area contributed by atoms with Gasteiger partial charge in [-0.3, -0.25) is 4.79 Å². The molecule has 2 bridgehead atoms. The van der Waals surface area contributed by atoms with Gasteiger partial charge in [0.2, 0.25) is 6.10 Å². The normalized spacial score (nSPS) is 18.2. The van der Waals surface area contributed by atoms with E-state index in [1.54, 1.807) is 0 Å². The zero-order valence-corrected chi connectivity index (χ0v) is 49.5. The molecule has 0 amide bonds. The van der Waals surface area contributed by atoms with Crippen molar-refractivity contribution in [3.63, 3.8) is 0 Å². The van der Waals surface area contributed by atoms with Crippen LogP contribution < -0.4 is 0 Å². The number of cyclic esters (lactones) is 1. The summed E-state index contributed by atoms with van der Waals surface area (Å²) in [5.74, 6) is -10.8. The van der Waals surface area contributed by atoms with E-state index in [-0.39, 0.29) is 36.8 Å². The van der Waals surface area contributed by atoms with Crippen LogP contribution in [-0.4, -0.2) is 60.6 Å². The molecule has 2 aliphatic heterocycles. The first-order chi connectivity index (χ1) is 38.7. The smallest absolute Gasteiger partial charge is 0.377 e. The van der Waals surface area contributed by atoms with E-state index in [0.29, 0.717) is 32.1 Å². The zero-order chi connectivity index (χ0) is 60.3. The summed E-state index contributed by atoms with van der Waals surface area (Å²) in [5.41, 5.74) is 8.00. The third-order valence-corrected chi connectivity index (χ3v) is 12.3. The lowest BCUT2D eigenvalue weighted by Gasteiger charge is -2.26. The van der Waals surface area contributed by atoms with E-state index in [2.05, 4.69) is 191 Å². The molecule has 0 radical (unpaired) electrons. The summed E-state index contributed by atoms with van der Waals surface area (Å²) in [6.07, 6.45) is -0.890. The number of alkyl halides is 4. The van der Waals surface area contributed by atoms with Gasteiger partial charge in [0.1, 0.15) is 12.2 Å². The molecule has 4 aliphatic rings. The molecule has 8 nitrogen and oxygen atoms in total. The van der Waals surface area contributed by atoms with E-state index in [1.165, 1.54) is 33.4 Å². The molecule has 0 spiro atoms. The summed E-state index contributed by atoms with van der Waals surface area (Å²) in [6, 6.07) is 64.0. The lowest BCUT2D eigenvalue weighted by molar-refractivity contribution is -0.183. The van der Waals surface area contributed by atoms with Crippen LogP contribution in [0.1, 0.15) is 161 Å². The van der Waals surface area contributed by atoms with Gasteiger partial charge in [0, 0.05) is 43.9 Å². The lowest BCUT2D eigenvalue weighted by Crippen LogP contribution is -2.40. The van der Waals surface area contributed by atoms with E-state index < -0.39 is 48.1 Å². The van der Waals surface area contributed by atoms with Crippen molar-refractivity contribution < 1.29 is 55.7 Å². The van der Waals surface area contributed by atoms with Crippen molar-refractivity contribution >= 4 is 23.9 Å². The second-order valence-electron chi connectivity index (χ2n) is 17.2.